The molecule has 0 saturated heterocycles. The van der Waals surface area contributed by atoms with Crippen molar-refractivity contribution in [2.45, 2.75) is 39.7 Å². The van der Waals surface area contributed by atoms with Gasteiger partial charge in [0.15, 0.2) is 5.96 Å². The predicted molar refractivity (Wildman–Crippen MR) is 88.8 cm³/mol. The van der Waals surface area contributed by atoms with Crippen LogP contribution >= 0.6 is 0 Å². The number of rotatable bonds is 6. The number of aryl methyl sites for hydroxylation is 1. The average molecular weight is 308 g/mol. The first kappa shape index (κ1) is 18.0. The van der Waals surface area contributed by atoms with Crippen molar-refractivity contribution < 1.29 is 4.79 Å². The Bertz CT molecular complexity index is 500. The van der Waals surface area contributed by atoms with E-state index in [1.807, 2.05) is 47.1 Å². The fourth-order valence-corrected chi connectivity index (χ4v) is 1.88. The van der Waals surface area contributed by atoms with E-state index >= 15 is 0 Å². The number of amides is 1. The number of guanidine groups is 1. The molecule has 0 aliphatic rings. The fraction of sp³-hybridized carbons (Fsp3) is 0.667. The van der Waals surface area contributed by atoms with Crippen molar-refractivity contribution in [3.8, 4) is 0 Å². The molecule has 0 radical (unpaired) electrons. The minimum absolute atomic E-state index is 0.0861. The number of carbonyl (C=O) groups excluding carboxylic acids is 1. The SMILES string of the molecule is CCNC(=NCC(=O)NC(C)(C)C)NCCc1cnn(C)c1. The lowest BCUT2D eigenvalue weighted by Gasteiger charge is -2.20. The summed E-state index contributed by atoms with van der Waals surface area (Å²) in [7, 11) is 1.90. The third-order valence-corrected chi connectivity index (χ3v) is 2.70. The Labute approximate surface area is 132 Å². The van der Waals surface area contributed by atoms with Gasteiger partial charge >= 0.3 is 0 Å². The van der Waals surface area contributed by atoms with E-state index in [1.54, 1.807) is 4.68 Å². The van der Waals surface area contributed by atoms with Crippen LogP contribution in [0, 0.1) is 0 Å². The van der Waals surface area contributed by atoms with Gasteiger partial charge in [-0.1, -0.05) is 0 Å². The van der Waals surface area contributed by atoms with Crippen molar-refractivity contribution in [2.24, 2.45) is 12.0 Å². The number of carbonyl (C=O) groups is 1. The highest BCUT2D eigenvalue weighted by Gasteiger charge is 2.13. The number of nitrogens with one attached hydrogen (secondary N) is 3. The van der Waals surface area contributed by atoms with E-state index in [2.05, 4.69) is 26.0 Å². The summed E-state index contributed by atoms with van der Waals surface area (Å²) in [5.41, 5.74) is 0.926. The van der Waals surface area contributed by atoms with E-state index < -0.39 is 0 Å². The normalized spacial score (nSPS) is 12.1. The minimum Gasteiger partial charge on any atom is -0.357 e. The van der Waals surface area contributed by atoms with E-state index in [1.165, 1.54) is 0 Å². The molecule has 1 aromatic rings. The quantitative estimate of drug-likeness (QED) is 0.526. The van der Waals surface area contributed by atoms with Gasteiger partial charge in [-0.2, -0.15) is 5.10 Å². The third-order valence-electron chi connectivity index (χ3n) is 2.70. The Morgan fingerprint density at radius 3 is 2.64 bits per heavy atom. The van der Waals surface area contributed by atoms with Crippen LogP contribution in [0.15, 0.2) is 17.4 Å². The van der Waals surface area contributed by atoms with Gasteiger partial charge in [-0.05, 0) is 39.7 Å². The van der Waals surface area contributed by atoms with Gasteiger partial charge in [-0.25, -0.2) is 4.99 Å². The van der Waals surface area contributed by atoms with Gasteiger partial charge in [-0.15, -0.1) is 0 Å². The molecule has 0 atom stereocenters. The fourth-order valence-electron chi connectivity index (χ4n) is 1.88. The molecule has 0 unspecified atom stereocenters. The van der Waals surface area contributed by atoms with Gasteiger partial charge in [0, 0.05) is 31.9 Å². The van der Waals surface area contributed by atoms with Crippen LogP contribution in [0.4, 0.5) is 0 Å². The molecule has 0 aromatic carbocycles. The van der Waals surface area contributed by atoms with Crippen LogP contribution in [0.2, 0.25) is 0 Å². The van der Waals surface area contributed by atoms with E-state index in [-0.39, 0.29) is 18.0 Å². The molecule has 0 aliphatic carbocycles. The van der Waals surface area contributed by atoms with E-state index in [0.29, 0.717) is 5.96 Å². The number of aliphatic imine (C=N–C) groups is 1. The van der Waals surface area contributed by atoms with Crippen LogP contribution in [-0.2, 0) is 18.3 Å². The van der Waals surface area contributed by atoms with Crippen LogP contribution in [0.5, 0.6) is 0 Å². The van der Waals surface area contributed by atoms with Gasteiger partial charge in [0.2, 0.25) is 5.91 Å². The number of hydrogen-bond donors (Lipinski definition) is 3. The van der Waals surface area contributed by atoms with Crippen molar-refractivity contribution >= 4 is 11.9 Å². The number of nitrogens with zero attached hydrogens (tertiary/aromatic N) is 3. The summed E-state index contributed by atoms with van der Waals surface area (Å²) in [6.45, 7) is 9.44. The molecule has 1 aromatic heterocycles. The molecule has 1 amide bonds. The van der Waals surface area contributed by atoms with Crippen LogP contribution < -0.4 is 16.0 Å². The lowest BCUT2D eigenvalue weighted by atomic mass is 10.1. The van der Waals surface area contributed by atoms with Crippen molar-refractivity contribution in [2.75, 3.05) is 19.6 Å². The summed E-state index contributed by atoms with van der Waals surface area (Å²) in [6, 6.07) is 0. The second kappa shape index (κ2) is 8.41. The lowest BCUT2D eigenvalue weighted by Crippen LogP contribution is -2.43. The molecule has 3 N–H and O–H groups in total. The molecule has 7 heteroatoms. The molecule has 1 heterocycles. The zero-order valence-corrected chi connectivity index (χ0v) is 14.2. The second-order valence-corrected chi connectivity index (χ2v) is 6.19. The summed E-state index contributed by atoms with van der Waals surface area (Å²) >= 11 is 0. The maximum Gasteiger partial charge on any atom is 0.242 e. The topological polar surface area (TPSA) is 83.3 Å². The van der Waals surface area contributed by atoms with Gasteiger partial charge in [0.05, 0.1) is 6.20 Å². The molecule has 124 valence electrons. The highest BCUT2D eigenvalue weighted by molar-refractivity contribution is 5.85. The predicted octanol–water partition coefficient (Wildman–Crippen LogP) is 0.432. The summed E-state index contributed by atoms with van der Waals surface area (Å²) in [5, 5.41) is 13.4. The van der Waals surface area contributed by atoms with Crippen molar-refractivity contribution in [3.05, 3.63) is 18.0 Å². The maximum atomic E-state index is 11.8. The molecule has 0 aliphatic heterocycles. The molecule has 0 fully saturated rings. The molecule has 0 bridgehead atoms. The van der Waals surface area contributed by atoms with Crippen LogP contribution in [0.3, 0.4) is 0 Å². The molecular formula is C15H28N6O. The molecule has 22 heavy (non-hydrogen) atoms. The van der Waals surface area contributed by atoms with Gasteiger partial charge in [0.25, 0.3) is 0 Å². The summed E-state index contributed by atoms with van der Waals surface area (Å²) in [4.78, 5) is 16.1. The smallest absolute Gasteiger partial charge is 0.242 e. The molecular weight excluding hydrogens is 280 g/mol. The van der Waals surface area contributed by atoms with Crippen LogP contribution in [-0.4, -0.2) is 46.8 Å². The average Bonchev–Trinajstić information content (AvgIpc) is 2.80. The molecule has 7 nitrogen and oxygen atoms in total. The lowest BCUT2D eigenvalue weighted by molar-refractivity contribution is -0.121. The zero-order valence-electron chi connectivity index (χ0n) is 14.2. The highest BCUT2D eigenvalue weighted by Crippen LogP contribution is 1.98. The Morgan fingerprint density at radius 2 is 2.09 bits per heavy atom. The van der Waals surface area contributed by atoms with Crippen molar-refractivity contribution in [1.29, 1.82) is 0 Å². The Kier molecular flexibility index (Phi) is 6.88. The summed E-state index contributed by atoms with van der Waals surface area (Å²) in [5.74, 6) is 0.562. The largest absolute Gasteiger partial charge is 0.357 e. The van der Waals surface area contributed by atoms with Crippen LogP contribution in [0.25, 0.3) is 0 Å². The Balaban J connectivity index is 2.43. The zero-order chi connectivity index (χ0) is 16.6. The summed E-state index contributed by atoms with van der Waals surface area (Å²) < 4.78 is 1.78. The van der Waals surface area contributed by atoms with E-state index in [4.69, 9.17) is 0 Å². The Hall–Kier alpha value is -2.05. The molecule has 1 rings (SSSR count). The highest BCUT2D eigenvalue weighted by atomic mass is 16.2. The van der Waals surface area contributed by atoms with Gasteiger partial charge in [0.1, 0.15) is 6.54 Å². The minimum atomic E-state index is -0.237. The first-order chi connectivity index (χ1) is 10.3. The first-order valence-corrected chi connectivity index (χ1v) is 7.61. The second-order valence-electron chi connectivity index (χ2n) is 6.19. The molecule has 0 saturated carbocycles. The van der Waals surface area contributed by atoms with Crippen molar-refractivity contribution in [3.63, 3.8) is 0 Å². The number of aromatic nitrogens is 2. The molecule has 0 spiro atoms. The van der Waals surface area contributed by atoms with Gasteiger partial charge < -0.3 is 16.0 Å². The van der Waals surface area contributed by atoms with E-state index in [0.717, 1.165) is 25.1 Å². The monoisotopic (exact) mass is 308 g/mol. The van der Waals surface area contributed by atoms with Gasteiger partial charge in [-0.3, -0.25) is 9.48 Å². The maximum absolute atomic E-state index is 11.8. The Morgan fingerprint density at radius 1 is 1.36 bits per heavy atom. The first-order valence-electron chi connectivity index (χ1n) is 7.61. The van der Waals surface area contributed by atoms with E-state index in [9.17, 15) is 4.79 Å². The standard InChI is InChI=1S/C15H28N6O/c1-6-16-14(18-10-13(22)20-15(2,3)4)17-8-7-12-9-19-21(5)11-12/h9,11H,6-8,10H2,1-5H3,(H,20,22)(H2,16,17,18). The third kappa shape index (κ3) is 7.66. The van der Waals surface area contributed by atoms with Crippen molar-refractivity contribution in [1.82, 2.24) is 25.7 Å². The summed E-state index contributed by atoms with van der Waals surface area (Å²) in [6.07, 6.45) is 4.69. The van der Waals surface area contributed by atoms with Crippen LogP contribution in [0.1, 0.15) is 33.3 Å². The number of hydrogen-bond acceptors (Lipinski definition) is 3.